The second kappa shape index (κ2) is 22.2. The van der Waals surface area contributed by atoms with Crippen molar-refractivity contribution in [2.75, 3.05) is 6.54 Å². The Morgan fingerprint density at radius 1 is 0.596 bits per heavy atom. The molecule has 286 valence electrons. The molecule has 0 radical (unpaired) electrons. The van der Waals surface area contributed by atoms with Gasteiger partial charge in [0, 0.05) is 12.8 Å². The maximum atomic E-state index is 13.9. The summed E-state index contributed by atoms with van der Waals surface area (Å²) in [6, 6.07) is 11.4. The molecule has 6 atom stereocenters. The molecule has 2 rings (SSSR count). The molecule has 0 aliphatic heterocycles. The van der Waals surface area contributed by atoms with Gasteiger partial charge in [-0.3, -0.25) is 24.0 Å². The minimum Gasteiger partial charge on any atom is -0.480 e. The summed E-state index contributed by atoms with van der Waals surface area (Å²) in [5, 5.41) is 23.4. The zero-order valence-corrected chi connectivity index (χ0v) is 30.9. The van der Waals surface area contributed by atoms with E-state index in [-0.39, 0.29) is 31.6 Å². The fourth-order valence-corrected chi connectivity index (χ4v) is 5.47. The molecule has 0 aliphatic rings. The largest absolute Gasteiger partial charge is 0.480 e. The van der Waals surface area contributed by atoms with Crippen LogP contribution in [0.4, 0.5) is 0 Å². The number of carboxylic acid groups (broad SMARTS) is 1. The van der Waals surface area contributed by atoms with Crippen LogP contribution in [-0.4, -0.2) is 83.4 Å². The summed E-state index contributed by atoms with van der Waals surface area (Å²) in [4.78, 5) is 79.3. The molecule has 0 saturated heterocycles. The third kappa shape index (κ3) is 15.2. The van der Waals surface area contributed by atoms with Gasteiger partial charge in [-0.15, -0.1) is 0 Å². The average molecular weight is 724 g/mol. The number of nitrogens with one attached hydrogen (secondary N) is 5. The highest BCUT2D eigenvalue weighted by molar-refractivity contribution is 5.96. The highest BCUT2D eigenvalue weighted by atomic mass is 16.4. The number of unbranched alkanes of at least 4 members (excludes halogenated alkanes) is 1. The van der Waals surface area contributed by atoms with Crippen LogP contribution in [0.1, 0.15) is 71.4 Å². The number of hydrogen-bond acceptors (Lipinski definition) is 8. The first kappa shape index (κ1) is 43.3. The van der Waals surface area contributed by atoms with Crippen LogP contribution in [0.5, 0.6) is 0 Å². The average Bonchev–Trinajstić information content (AvgIpc) is 3.09. The molecular formula is C38H57N7O7. The minimum absolute atomic E-state index is 0.0321. The molecule has 0 heterocycles. The van der Waals surface area contributed by atoms with Crippen LogP contribution >= 0.6 is 0 Å². The third-order valence-corrected chi connectivity index (χ3v) is 8.39. The number of amides is 5. The Labute approximate surface area is 306 Å². The number of carbonyl (C=O) groups is 6. The van der Waals surface area contributed by atoms with Crippen LogP contribution in [0.3, 0.4) is 0 Å². The fourth-order valence-electron chi connectivity index (χ4n) is 5.47. The predicted octanol–water partition coefficient (Wildman–Crippen LogP) is 1.16. The van der Waals surface area contributed by atoms with Gasteiger partial charge in [-0.25, -0.2) is 4.79 Å². The lowest BCUT2D eigenvalue weighted by Crippen LogP contribution is -2.60. The summed E-state index contributed by atoms with van der Waals surface area (Å²) in [7, 11) is 0. The molecule has 2 aromatic carbocycles. The smallest absolute Gasteiger partial charge is 0.326 e. The van der Waals surface area contributed by atoms with E-state index in [2.05, 4.69) is 26.6 Å². The van der Waals surface area contributed by atoms with Crippen molar-refractivity contribution in [3.05, 3.63) is 71.8 Å². The van der Waals surface area contributed by atoms with Crippen LogP contribution in [0.2, 0.25) is 0 Å². The van der Waals surface area contributed by atoms with Crippen molar-refractivity contribution in [3.63, 3.8) is 0 Å². The molecule has 14 nitrogen and oxygen atoms in total. The van der Waals surface area contributed by atoms with E-state index >= 15 is 0 Å². The van der Waals surface area contributed by atoms with E-state index in [4.69, 9.17) is 11.5 Å². The van der Waals surface area contributed by atoms with Crippen molar-refractivity contribution in [1.29, 1.82) is 0 Å². The second-order valence-corrected chi connectivity index (χ2v) is 13.9. The fraction of sp³-hybridized carbons (Fsp3) is 0.526. The van der Waals surface area contributed by atoms with E-state index in [1.807, 2.05) is 19.9 Å². The molecule has 10 N–H and O–H groups in total. The van der Waals surface area contributed by atoms with Gasteiger partial charge in [0.25, 0.3) is 0 Å². The summed E-state index contributed by atoms with van der Waals surface area (Å²) in [5.74, 6) is -4.77. The summed E-state index contributed by atoms with van der Waals surface area (Å²) < 4.78 is 0. The Morgan fingerprint density at radius 3 is 1.54 bits per heavy atom. The molecule has 52 heavy (non-hydrogen) atoms. The van der Waals surface area contributed by atoms with Crippen molar-refractivity contribution < 1.29 is 33.9 Å². The molecule has 0 saturated carbocycles. The number of carbonyl (C=O) groups excluding carboxylic acids is 5. The van der Waals surface area contributed by atoms with Gasteiger partial charge >= 0.3 is 5.97 Å². The minimum atomic E-state index is -1.26. The SMILES string of the molecule is CC(C)C[C@H](NC(=O)[C@H](CCCCN)NC(=O)[C@H](C)N)C(=O)N[C@H](C(=O)N[C@@H](Cc1ccccc1)C(=O)N[C@@H](Cc1ccccc1)C(=O)O)C(C)C. The molecule has 14 heteroatoms. The summed E-state index contributed by atoms with van der Waals surface area (Å²) in [5.41, 5.74) is 12.8. The lowest BCUT2D eigenvalue weighted by atomic mass is 9.98. The first-order valence-corrected chi connectivity index (χ1v) is 17.9. The van der Waals surface area contributed by atoms with E-state index < -0.39 is 77.7 Å². The van der Waals surface area contributed by atoms with Crippen molar-refractivity contribution in [2.24, 2.45) is 23.3 Å². The molecule has 0 spiro atoms. The van der Waals surface area contributed by atoms with E-state index in [1.54, 1.807) is 68.4 Å². The van der Waals surface area contributed by atoms with E-state index in [0.29, 0.717) is 24.9 Å². The summed E-state index contributed by atoms with van der Waals surface area (Å²) >= 11 is 0. The Balaban J connectivity index is 2.29. The van der Waals surface area contributed by atoms with E-state index in [0.717, 1.165) is 5.56 Å². The quantitative estimate of drug-likeness (QED) is 0.0813. The number of carboxylic acids is 1. The highest BCUT2D eigenvalue weighted by Gasteiger charge is 2.34. The number of aliphatic carboxylic acids is 1. The van der Waals surface area contributed by atoms with Gasteiger partial charge in [-0.05, 0) is 62.1 Å². The molecule has 0 bridgehead atoms. The Morgan fingerprint density at radius 2 is 1.06 bits per heavy atom. The van der Waals surface area contributed by atoms with Gasteiger partial charge in [-0.2, -0.15) is 0 Å². The van der Waals surface area contributed by atoms with E-state index in [9.17, 15) is 33.9 Å². The standard InChI is InChI=1S/C38H57N7O7/c1-23(2)20-29(42-34(47)28(18-12-13-19-39)41-33(46)25(5)40)36(49)45-32(24(3)4)37(50)43-30(21-26-14-8-6-9-15-26)35(48)44-31(38(51)52)22-27-16-10-7-11-17-27/h6-11,14-17,23-25,28-32H,12-13,18-22,39-40H2,1-5H3,(H,41,46)(H,42,47)(H,43,50)(H,44,48)(H,45,49)(H,51,52)/t25-,28-,29-,30-,31-,32-/m0/s1. The van der Waals surface area contributed by atoms with Crippen molar-refractivity contribution in [2.45, 2.75) is 109 Å². The number of hydrogen-bond donors (Lipinski definition) is 8. The van der Waals surface area contributed by atoms with Crippen molar-refractivity contribution >= 4 is 35.5 Å². The lowest BCUT2D eigenvalue weighted by molar-refractivity contribution is -0.142. The molecular weight excluding hydrogens is 666 g/mol. The second-order valence-electron chi connectivity index (χ2n) is 13.9. The Bertz CT molecular complexity index is 1450. The van der Waals surface area contributed by atoms with Gasteiger partial charge in [0.1, 0.15) is 30.2 Å². The Kier molecular flexibility index (Phi) is 18.5. The van der Waals surface area contributed by atoms with Crippen LogP contribution in [0, 0.1) is 11.8 Å². The van der Waals surface area contributed by atoms with Crippen molar-refractivity contribution in [3.8, 4) is 0 Å². The lowest BCUT2D eigenvalue weighted by Gasteiger charge is -2.29. The van der Waals surface area contributed by atoms with E-state index in [1.165, 1.54) is 6.92 Å². The summed E-state index contributed by atoms with van der Waals surface area (Å²) in [6.07, 6.45) is 1.79. The summed E-state index contributed by atoms with van der Waals surface area (Å²) in [6.45, 7) is 9.12. The third-order valence-electron chi connectivity index (χ3n) is 8.39. The van der Waals surface area contributed by atoms with Crippen molar-refractivity contribution in [1.82, 2.24) is 26.6 Å². The predicted molar refractivity (Wildman–Crippen MR) is 198 cm³/mol. The molecule has 5 amide bonds. The maximum Gasteiger partial charge on any atom is 0.326 e. The zero-order valence-electron chi connectivity index (χ0n) is 30.9. The monoisotopic (exact) mass is 723 g/mol. The van der Waals surface area contributed by atoms with Crippen LogP contribution in [-0.2, 0) is 41.6 Å². The van der Waals surface area contributed by atoms with Crippen LogP contribution in [0.25, 0.3) is 0 Å². The van der Waals surface area contributed by atoms with Gasteiger partial charge in [0.05, 0.1) is 6.04 Å². The first-order valence-electron chi connectivity index (χ1n) is 17.9. The van der Waals surface area contributed by atoms with Gasteiger partial charge in [-0.1, -0.05) is 88.4 Å². The first-order chi connectivity index (χ1) is 24.6. The molecule has 2 aromatic rings. The molecule has 0 fully saturated rings. The Hall–Kier alpha value is -4.82. The topological polar surface area (TPSA) is 235 Å². The zero-order chi connectivity index (χ0) is 38.8. The van der Waals surface area contributed by atoms with Gasteiger partial charge < -0.3 is 43.2 Å². The van der Waals surface area contributed by atoms with Gasteiger partial charge in [0.2, 0.25) is 29.5 Å². The van der Waals surface area contributed by atoms with Crippen LogP contribution < -0.4 is 38.1 Å². The number of nitrogens with two attached hydrogens (primary N) is 2. The van der Waals surface area contributed by atoms with Gasteiger partial charge in [0.15, 0.2) is 0 Å². The molecule has 0 aliphatic carbocycles. The normalized spacial score (nSPS) is 14.6. The number of rotatable bonds is 22. The maximum absolute atomic E-state index is 13.9. The van der Waals surface area contributed by atoms with Crippen LogP contribution in [0.15, 0.2) is 60.7 Å². The molecule has 0 aromatic heterocycles. The molecule has 0 unspecified atom stereocenters. The highest BCUT2D eigenvalue weighted by Crippen LogP contribution is 2.12. The number of benzene rings is 2.